The smallest absolute Gasteiger partial charge is 0.251 e. The number of carbonyl (C=O) groups is 1. The van der Waals surface area contributed by atoms with Crippen LogP contribution in [0.5, 0.6) is 0 Å². The number of amides is 1. The van der Waals surface area contributed by atoms with Crippen LogP contribution in [0.4, 0.5) is 4.39 Å². The second-order valence-corrected chi connectivity index (χ2v) is 5.68. The number of hydrogen-bond donors (Lipinski definition) is 1. The molecule has 0 saturated carbocycles. The fourth-order valence-electron chi connectivity index (χ4n) is 2.62. The number of benzene rings is 1. The van der Waals surface area contributed by atoms with E-state index < -0.39 is 0 Å². The predicted molar refractivity (Wildman–Crippen MR) is 78.2 cm³/mol. The minimum absolute atomic E-state index is 0.129. The highest BCUT2D eigenvalue weighted by atomic mass is 19.1. The van der Waals surface area contributed by atoms with E-state index >= 15 is 0 Å². The Morgan fingerprint density at radius 3 is 2.55 bits per heavy atom. The summed E-state index contributed by atoms with van der Waals surface area (Å²) in [5.41, 5.74) is 0.511. The lowest BCUT2D eigenvalue weighted by atomic mass is 10.1. The molecule has 1 aromatic rings. The second-order valence-electron chi connectivity index (χ2n) is 5.68. The third kappa shape index (κ3) is 4.60. The number of piperidine rings is 1. The zero-order valence-electron chi connectivity index (χ0n) is 12.1. The number of hydrogen-bond acceptors (Lipinski definition) is 2. The van der Waals surface area contributed by atoms with Crippen molar-refractivity contribution in [3.8, 4) is 0 Å². The Kier molecular flexibility index (Phi) is 5.53. The number of nitrogens with one attached hydrogen (secondary N) is 1. The van der Waals surface area contributed by atoms with E-state index in [9.17, 15) is 9.18 Å². The van der Waals surface area contributed by atoms with Crippen LogP contribution in [0, 0.1) is 11.7 Å². The van der Waals surface area contributed by atoms with E-state index in [0.29, 0.717) is 18.0 Å². The first-order valence-electron chi connectivity index (χ1n) is 7.41. The molecule has 0 spiro atoms. The summed E-state index contributed by atoms with van der Waals surface area (Å²) in [6.45, 7) is 6.20. The minimum Gasteiger partial charge on any atom is -0.352 e. The highest BCUT2D eigenvalue weighted by molar-refractivity contribution is 5.94. The number of likely N-dealkylation sites (tertiary alicyclic amines) is 1. The SMILES string of the molecule is CC(CNC(=O)c1ccc(F)cc1)CN1CCCCC1. The molecule has 1 aromatic carbocycles. The summed E-state index contributed by atoms with van der Waals surface area (Å²) in [4.78, 5) is 14.4. The van der Waals surface area contributed by atoms with Gasteiger partial charge in [0.1, 0.15) is 5.82 Å². The van der Waals surface area contributed by atoms with Crippen LogP contribution >= 0.6 is 0 Å². The van der Waals surface area contributed by atoms with Gasteiger partial charge in [-0.05, 0) is 56.1 Å². The lowest BCUT2D eigenvalue weighted by Gasteiger charge is -2.29. The molecule has 0 aliphatic carbocycles. The molecular formula is C16H23FN2O. The van der Waals surface area contributed by atoms with Crippen LogP contribution in [0.2, 0.25) is 0 Å². The molecule has 1 unspecified atom stereocenters. The first kappa shape index (κ1) is 15.0. The Morgan fingerprint density at radius 1 is 1.25 bits per heavy atom. The van der Waals surface area contributed by atoms with E-state index in [1.165, 1.54) is 56.6 Å². The first-order chi connectivity index (χ1) is 9.65. The van der Waals surface area contributed by atoms with E-state index in [2.05, 4.69) is 17.1 Å². The lowest BCUT2D eigenvalue weighted by Crippen LogP contribution is -2.38. The molecule has 1 fully saturated rings. The highest BCUT2D eigenvalue weighted by Gasteiger charge is 2.14. The Bertz CT molecular complexity index is 427. The molecule has 110 valence electrons. The molecular weight excluding hydrogens is 255 g/mol. The molecule has 1 saturated heterocycles. The zero-order valence-corrected chi connectivity index (χ0v) is 12.1. The van der Waals surface area contributed by atoms with Crippen LogP contribution in [-0.2, 0) is 0 Å². The van der Waals surface area contributed by atoms with Crippen molar-refractivity contribution in [2.45, 2.75) is 26.2 Å². The molecule has 0 aromatic heterocycles. The van der Waals surface area contributed by atoms with Gasteiger partial charge in [0.25, 0.3) is 5.91 Å². The van der Waals surface area contributed by atoms with E-state index in [-0.39, 0.29) is 11.7 Å². The lowest BCUT2D eigenvalue weighted by molar-refractivity contribution is 0.0942. The second kappa shape index (κ2) is 7.39. The van der Waals surface area contributed by atoms with Gasteiger partial charge in [-0.2, -0.15) is 0 Å². The fraction of sp³-hybridized carbons (Fsp3) is 0.562. The predicted octanol–water partition coefficient (Wildman–Crippen LogP) is 2.68. The molecule has 1 aliphatic rings. The van der Waals surface area contributed by atoms with Crippen molar-refractivity contribution in [2.24, 2.45) is 5.92 Å². The monoisotopic (exact) mass is 278 g/mol. The molecule has 4 heteroatoms. The molecule has 3 nitrogen and oxygen atoms in total. The molecule has 1 amide bonds. The Morgan fingerprint density at radius 2 is 1.90 bits per heavy atom. The Labute approximate surface area is 120 Å². The van der Waals surface area contributed by atoms with E-state index in [4.69, 9.17) is 0 Å². The average Bonchev–Trinajstić information content (AvgIpc) is 2.46. The number of halogens is 1. The van der Waals surface area contributed by atoms with Crippen molar-refractivity contribution >= 4 is 5.91 Å². The summed E-state index contributed by atoms with van der Waals surface area (Å²) in [6.07, 6.45) is 3.91. The maximum Gasteiger partial charge on any atom is 0.251 e. The van der Waals surface area contributed by atoms with Crippen LogP contribution in [0.3, 0.4) is 0 Å². The number of carbonyl (C=O) groups excluding carboxylic acids is 1. The largest absolute Gasteiger partial charge is 0.352 e. The van der Waals surface area contributed by atoms with Crippen molar-refractivity contribution in [1.29, 1.82) is 0 Å². The van der Waals surface area contributed by atoms with Crippen LogP contribution in [0.1, 0.15) is 36.5 Å². The van der Waals surface area contributed by atoms with Crippen LogP contribution < -0.4 is 5.32 Å². The van der Waals surface area contributed by atoms with Gasteiger partial charge in [-0.25, -0.2) is 4.39 Å². The van der Waals surface area contributed by atoms with Gasteiger partial charge < -0.3 is 10.2 Å². The fourth-order valence-corrected chi connectivity index (χ4v) is 2.62. The molecule has 1 heterocycles. The van der Waals surface area contributed by atoms with Gasteiger partial charge in [-0.3, -0.25) is 4.79 Å². The van der Waals surface area contributed by atoms with Crippen LogP contribution in [0.25, 0.3) is 0 Å². The first-order valence-corrected chi connectivity index (χ1v) is 7.41. The van der Waals surface area contributed by atoms with E-state index in [1.807, 2.05) is 0 Å². The number of rotatable bonds is 5. The number of nitrogens with zero attached hydrogens (tertiary/aromatic N) is 1. The van der Waals surface area contributed by atoms with Crippen molar-refractivity contribution in [3.05, 3.63) is 35.6 Å². The van der Waals surface area contributed by atoms with Gasteiger partial charge >= 0.3 is 0 Å². The van der Waals surface area contributed by atoms with Gasteiger partial charge in [0.15, 0.2) is 0 Å². The molecule has 20 heavy (non-hydrogen) atoms. The third-order valence-electron chi connectivity index (χ3n) is 3.74. The quantitative estimate of drug-likeness (QED) is 0.898. The van der Waals surface area contributed by atoms with Crippen molar-refractivity contribution in [3.63, 3.8) is 0 Å². The molecule has 1 atom stereocenters. The van der Waals surface area contributed by atoms with E-state index in [1.54, 1.807) is 0 Å². The zero-order chi connectivity index (χ0) is 14.4. The summed E-state index contributed by atoms with van der Waals surface area (Å²) in [7, 11) is 0. The maximum absolute atomic E-state index is 12.8. The molecule has 0 radical (unpaired) electrons. The standard InChI is InChI=1S/C16H23FN2O/c1-13(12-19-9-3-2-4-10-19)11-18-16(20)14-5-7-15(17)8-6-14/h5-8,13H,2-4,9-12H2,1H3,(H,18,20). The highest BCUT2D eigenvalue weighted by Crippen LogP contribution is 2.10. The average molecular weight is 278 g/mol. The van der Waals surface area contributed by atoms with E-state index in [0.717, 1.165) is 6.54 Å². The molecule has 1 aliphatic heterocycles. The summed E-state index contributed by atoms with van der Waals surface area (Å²) < 4.78 is 12.8. The molecule has 2 rings (SSSR count). The van der Waals surface area contributed by atoms with Crippen molar-refractivity contribution in [2.75, 3.05) is 26.2 Å². The maximum atomic E-state index is 12.8. The summed E-state index contributed by atoms with van der Waals surface area (Å²) in [5.74, 6) is -0.0204. The van der Waals surface area contributed by atoms with Crippen LogP contribution in [0.15, 0.2) is 24.3 Å². The third-order valence-corrected chi connectivity index (χ3v) is 3.74. The van der Waals surface area contributed by atoms with Crippen molar-refractivity contribution in [1.82, 2.24) is 10.2 Å². The van der Waals surface area contributed by atoms with Gasteiger partial charge in [-0.15, -0.1) is 0 Å². The van der Waals surface area contributed by atoms with Crippen LogP contribution in [-0.4, -0.2) is 37.0 Å². The van der Waals surface area contributed by atoms with Gasteiger partial charge in [0.05, 0.1) is 0 Å². The van der Waals surface area contributed by atoms with Gasteiger partial charge in [-0.1, -0.05) is 13.3 Å². The van der Waals surface area contributed by atoms with Crippen molar-refractivity contribution < 1.29 is 9.18 Å². The summed E-state index contributed by atoms with van der Waals surface area (Å²) in [6, 6.07) is 5.65. The minimum atomic E-state index is -0.319. The summed E-state index contributed by atoms with van der Waals surface area (Å²) >= 11 is 0. The normalized spacial score (nSPS) is 17.7. The Balaban J connectivity index is 1.73. The Hall–Kier alpha value is -1.42. The topological polar surface area (TPSA) is 32.3 Å². The summed E-state index contributed by atoms with van der Waals surface area (Å²) in [5, 5.41) is 2.92. The molecule has 0 bridgehead atoms. The molecule has 1 N–H and O–H groups in total. The van der Waals surface area contributed by atoms with Gasteiger partial charge in [0, 0.05) is 18.7 Å². The van der Waals surface area contributed by atoms with Gasteiger partial charge in [0.2, 0.25) is 0 Å².